The molecule has 7 N–H and O–H groups in total. The van der Waals surface area contributed by atoms with Gasteiger partial charge in [0.25, 0.3) is 11.8 Å². The predicted molar refractivity (Wildman–Crippen MR) is 192 cm³/mol. The third kappa shape index (κ3) is 5.95. The van der Waals surface area contributed by atoms with Gasteiger partial charge in [-0.2, -0.15) is 0 Å². The van der Waals surface area contributed by atoms with Crippen molar-refractivity contribution in [2.45, 2.75) is 74.6 Å². The summed E-state index contributed by atoms with van der Waals surface area (Å²) >= 11 is 6.79. The van der Waals surface area contributed by atoms with E-state index >= 15 is 0 Å². The van der Waals surface area contributed by atoms with Crippen LogP contribution in [0.5, 0.6) is 5.75 Å². The van der Waals surface area contributed by atoms with E-state index in [0.29, 0.717) is 41.5 Å². The number of nitrogens with zero attached hydrogens (tertiary/aromatic N) is 1. The Labute approximate surface area is 297 Å². The van der Waals surface area contributed by atoms with Gasteiger partial charge < -0.3 is 50.1 Å². The molecule has 1 aliphatic carbocycles. The number of aromatic nitrogens is 2. The number of aliphatic hydroxyl groups is 4. The Morgan fingerprint density at radius 3 is 2.43 bits per heavy atom. The van der Waals surface area contributed by atoms with E-state index in [1.54, 1.807) is 29.2 Å². The third-order valence-corrected chi connectivity index (χ3v) is 10.8. The number of H-pyrrole nitrogens is 2. The molecule has 5 aromatic rings. The maximum atomic E-state index is 14.3. The zero-order valence-corrected chi connectivity index (χ0v) is 28.6. The zero-order valence-electron chi connectivity index (χ0n) is 27.8. The number of amides is 2. The van der Waals surface area contributed by atoms with Crippen LogP contribution in [0, 0.1) is 0 Å². The second-order valence-electron chi connectivity index (χ2n) is 13.7. The van der Waals surface area contributed by atoms with Gasteiger partial charge in [0.15, 0.2) is 0 Å². The Morgan fingerprint density at radius 2 is 1.67 bits per heavy atom. The van der Waals surface area contributed by atoms with E-state index in [9.17, 15) is 30.0 Å². The van der Waals surface area contributed by atoms with Crippen LogP contribution in [-0.2, 0) is 17.6 Å². The van der Waals surface area contributed by atoms with Crippen molar-refractivity contribution in [3.05, 3.63) is 88.7 Å². The first-order valence-electron chi connectivity index (χ1n) is 17.2. The Bertz CT molecular complexity index is 2110. The number of carbonyl (C=O) groups excluding carboxylic acids is 2. The van der Waals surface area contributed by atoms with Crippen molar-refractivity contribution < 1.29 is 39.5 Å². The summed E-state index contributed by atoms with van der Waals surface area (Å²) in [6, 6.07) is 18.4. The Balaban J connectivity index is 1.10. The van der Waals surface area contributed by atoms with Crippen molar-refractivity contribution in [1.29, 1.82) is 0 Å². The van der Waals surface area contributed by atoms with Crippen molar-refractivity contribution in [3.63, 3.8) is 0 Å². The van der Waals surface area contributed by atoms with E-state index in [4.69, 9.17) is 21.1 Å². The number of alkyl halides is 1. The lowest BCUT2D eigenvalue weighted by atomic mass is 9.82. The predicted octanol–water partition coefficient (Wildman–Crippen LogP) is 4.33. The largest absolute Gasteiger partial charge is 0.462 e. The number of hydrogen-bond donors (Lipinski definition) is 7. The molecule has 3 aliphatic rings. The molecular formula is C38H39ClN4O8. The van der Waals surface area contributed by atoms with Crippen molar-refractivity contribution in [2.24, 2.45) is 0 Å². The fourth-order valence-corrected chi connectivity index (χ4v) is 7.97. The van der Waals surface area contributed by atoms with E-state index < -0.39 is 37.3 Å². The molecule has 12 nitrogen and oxygen atoms in total. The normalized spacial score (nSPS) is 25.1. The fraction of sp³-hybridized carbons (Fsp3) is 0.368. The second-order valence-corrected chi connectivity index (χ2v) is 14.4. The number of anilines is 2. The van der Waals surface area contributed by atoms with Crippen LogP contribution in [0.25, 0.3) is 21.8 Å². The van der Waals surface area contributed by atoms with Crippen molar-refractivity contribution in [1.82, 2.24) is 9.97 Å². The van der Waals surface area contributed by atoms with Gasteiger partial charge in [-0.3, -0.25) is 9.59 Å². The molecule has 2 aromatic heterocycles. The summed E-state index contributed by atoms with van der Waals surface area (Å²) in [6.45, 7) is 1.69. The van der Waals surface area contributed by atoms with Crippen LogP contribution in [0.15, 0.2) is 60.7 Å². The van der Waals surface area contributed by atoms with Crippen LogP contribution in [0.1, 0.15) is 63.4 Å². The van der Waals surface area contributed by atoms with E-state index in [-0.39, 0.29) is 23.1 Å². The molecule has 0 spiro atoms. The standard InChI is InChI=1S/C38H39ClN4O8/c1-18(39)24-16-43(29-15-30(22-7-3-4-8-23(22)32(24)29)50-38-35(47)34(46)33(45)31(17-44)51-38)37(49)28-14-20-12-21(10-11-26(20)42-28)40-36(48)27-13-19-6-2-5-9-25(19)41-27/h2,5-6,9-15,18,24,31,33-35,38,41-42,44-47H,3-4,7-8,16-17H2,1H3,(H,40,48)/t18-,24+,31+,33-,34-,35+,38+/m0/s1. The molecule has 0 unspecified atom stereocenters. The number of nitrogens with one attached hydrogen (secondary N) is 3. The van der Waals surface area contributed by atoms with Gasteiger partial charge in [0.1, 0.15) is 41.6 Å². The molecule has 0 radical (unpaired) electrons. The van der Waals surface area contributed by atoms with Crippen molar-refractivity contribution in [3.8, 4) is 5.75 Å². The molecule has 51 heavy (non-hydrogen) atoms. The summed E-state index contributed by atoms with van der Waals surface area (Å²) in [5, 5.41) is 45.5. The summed E-state index contributed by atoms with van der Waals surface area (Å²) in [6.07, 6.45) is -3.84. The number of aromatic amines is 2. The molecule has 13 heteroatoms. The molecule has 3 aromatic carbocycles. The lowest BCUT2D eigenvalue weighted by molar-refractivity contribution is -0.277. The molecule has 2 amide bonds. The first-order valence-corrected chi connectivity index (χ1v) is 17.7. The minimum Gasteiger partial charge on any atom is -0.462 e. The highest BCUT2D eigenvalue weighted by molar-refractivity contribution is 6.21. The molecule has 0 saturated carbocycles. The minimum atomic E-state index is -1.59. The lowest BCUT2D eigenvalue weighted by Gasteiger charge is -2.40. The number of ether oxygens (including phenoxy) is 2. The summed E-state index contributed by atoms with van der Waals surface area (Å²) in [5.41, 5.74) is 6.59. The summed E-state index contributed by atoms with van der Waals surface area (Å²) in [7, 11) is 0. The van der Waals surface area contributed by atoms with Crippen LogP contribution in [0.3, 0.4) is 0 Å². The lowest BCUT2D eigenvalue weighted by Crippen LogP contribution is -2.60. The van der Waals surface area contributed by atoms with E-state index in [2.05, 4.69) is 15.3 Å². The van der Waals surface area contributed by atoms with Gasteiger partial charge in [-0.15, -0.1) is 11.6 Å². The highest BCUT2D eigenvalue weighted by atomic mass is 35.5. The van der Waals surface area contributed by atoms with E-state index in [1.807, 2.05) is 43.3 Å². The van der Waals surface area contributed by atoms with Crippen LogP contribution in [-0.4, -0.2) is 91.4 Å². The molecule has 4 heterocycles. The van der Waals surface area contributed by atoms with Gasteiger partial charge in [0, 0.05) is 51.4 Å². The Kier molecular flexibility index (Phi) is 8.77. The topological polar surface area (TPSA) is 180 Å². The first kappa shape index (κ1) is 33.7. The highest BCUT2D eigenvalue weighted by Crippen LogP contribution is 2.49. The summed E-state index contributed by atoms with van der Waals surface area (Å²) < 4.78 is 11.9. The van der Waals surface area contributed by atoms with Gasteiger partial charge in [-0.25, -0.2) is 0 Å². The first-order chi connectivity index (χ1) is 24.6. The number of aliphatic hydroxyl groups excluding tert-OH is 4. The van der Waals surface area contributed by atoms with Gasteiger partial charge >= 0.3 is 0 Å². The number of para-hydroxylation sites is 1. The summed E-state index contributed by atoms with van der Waals surface area (Å²) in [5.74, 6) is -0.294. The van der Waals surface area contributed by atoms with Gasteiger partial charge in [0.05, 0.1) is 12.3 Å². The average molecular weight is 715 g/mol. The number of fused-ring (bicyclic) bond motifs is 5. The molecular weight excluding hydrogens is 676 g/mol. The molecule has 0 bridgehead atoms. The molecule has 266 valence electrons. The van der Waals surface area contributed by atoms with E-state index in [1.165, 1.54) is 0 Å². The smallest absolute Gasteiger partial charge is 0.274 e. The Hall–Kier alpha value is -4.43. The Morgan fingerprint density at radius 1 is 0.941 bits per heavy atom. The van der Waals surface area contributed by atoms with Gasteiger partial charge in [-0.05, 0) is 85.7 Å². The number of rotatable bonds is 7. The van der Waals surface area contributed by atoms with Crippen LogP contribution < -0.4 is 15.0 Å². The molecule has 1 saturated heterocycles. The monoisotopic (exact) mass is 714 g/mol. The maximum absolute atomic E-state index is 14.3. The summed E-state index contributed by atoms with van der Waals surface area (Å²) in [4.78, 5) is 35.5. The highest BCUT2D eigenvalue weighted by Gasteiger charge is 2.46. The molecule has 2 aliphatic heterocycles. The zero-order chi connectivity index (χ0) is 35.6. The number of carbonyl (C=O) groups is 2. The quantitative estimate of drug-likeness (QED) is 0.122. The second kappa shape index (κ2) is 13.3. The number of benzene rings is 3. The third-order valence-electron chi connectivity index (χ3n) is 10.4. The van der Waals surface area contributed by atoms with Gasteiger partial charge in [-0.1, -0.05) is 18.2 Å². The SMILES string of the molecule is C[C@H](Cl)[C@H]1CN(C(=O)c2cc3cc(NC(=O)c4cc5ccccc5[nH]4)ccc3[nH]2)c2cc(O[C@@H]3O[C@H](CO)[C@H](O)[C@H](O)[C@H]3O)c3c(c21)CCCC3. The molecule has 7 atom stereocenters. The molecule has 8 rings (SSSR count). The number of halogens is 1. The van der Waals surface area contributed by atoms with Gasteiger partial charge in [0.2, 0.25) is 6.29 Å². The van der Waals surface area contributed by atoms with Crippen molar-refractivity contribution >= 4 is 56.6 Å². The van der Waals surface area contributed by atoms with Crippen LogP contribution in [0.4, 0.5) is 11.4 Å². The molecule has 1 fully saturated rings. The maximum Gasteiger partial charge on any atom is 0.274 e. The van der Waals surface area contributed by atoms with E-state index in [0.717, 1.165) is 57.8 Å². The number of hydrogen-bond acceptors (Lipinski definition) is 8. The van der Waals surface area contributed by atoms with Crippen LogP contribution >= 0.6 is 11.6 Å². The fourth-order valence-electron chi connectivity index (χ4n) is 7.77. The minimum absolute atomic E-state index is 0.144. The average Bonchev–Trinajstić information content (AvgIpc) is 3.87. The van der Waals surface area contributed by atoms with Crippen molar-refractivity contribution in [2.75, 3.05) is 23.4 Å². The van der Waals surface area contributed by atoms with Crippen LogP contribution in [0.2, 0.25) is 0 Å².